The summed E-state index contributed by atoms with van der Waals surface area (Å²) in [6.45, 7) is 4.68. The zero-order chi connectivity index (χ0) is 24.4. The first-order valence-corrected chi connectivity index (χ1v) is 11.5. The van der Waals surface area contributed by atoms with E-state index in [0.717, 1.165) is 16.4 Å². The van der Waals surface area contributed by atoms with Gasteiger partial charge >= 0.3 is 6.36 Å². The second-order valence-electron chi connectivity index (χ2n) is 8.21. The molecule has 0 aliphatic carbocycles. The number of sulfonamides is 1. The summed E-state index contributed by atoms with van der Waals surface area (Å²) < 4.78 is 73.7. The molecule has 0 spiro atoms. The molecule has 1 atom stereocenters. The summed E-state index contributed by atoms with van der Waals surface area (Å²) >= 11 is 0. The summed E-state index contributed by atoms with van der Waals surface area (Å²) in [7, 11) is -4.06. The van der Waals surface area contributed by atoms with Crippen molar-refractivity contribution in [3.05, 3.63) is 60.2 Å². The Kier molecular flexibility index (Phi) is 6.73. The second kappa shape index (κ2) is 9.05. The predicted molar refractivity (Wildman–Crippen MR) is 116 cm³/mol. The van der Waals surface area contributed by atoms with E-state index in [9.17, 15) is 26.4 Å². The van der Waals surface area contributed by atoms with Gasteiger partial charge in [-0.25, -0.2) is 12.7 Å². The number of ether oxygens (including phenoxy) is 2. The van der Waals surface area contributed by atoms with Crippen LogP contribution in [0.4, 0.5) is 13.2 Å². The van der Waals surface area contributed by atoms with Crippen molar-refractivity contribution in [2.45, 2.75) is 37.9 Å². The van der Waals surface area contributed by atoms with Gasteiger partial charge in [0, 0.05) is 6.07 Å². The lowest BCUT2D eigenvalue weighted by Gasteiger charge is -2.30. The minimum absolute atomic E-state index is 0.0811. The highest BCUT2D eigenvalue weighted by Crippen LogP contribution is 2.38. The molecule has 3 rings (SSSR count). The summed E-state index contributed by atoms with van der Waals surface area (Å²) in [4.78, 5) is 17.3. The van der Waals surface area contributed by atoms with Gasteiger partial charge in [0.25, 0.3) is 15.9 Å². The highest BCUT2D eigenvalue weighted by Gasteiger charge is 2.54. The Hall–Kier alpha value is -3.08. The molecule has 2 aromatic rings. The molecule has 7 nitrogen and oxygen atoms in total. The van der Waals surface area contributed by atoms with Crippen LogP contribution in [0.15, 0.2) is 59.6 Å². The Bertz CT molecular complexity index is 1140. The number of rotatable bonds is 6. The maximum Gasteiger partial charge on any atom is 0.573 e. The fourth-order valence-corrected chi connectivity index (χ4v) is 5.72. The lowest BCUT2D eigenvalue weighted by Crippen LogP contribution is -2.45. The molecule has 1 amide bonds. The molecule has 33 heavy (non-hydrogen) atoms. The summed E-state index contributed by atoms with van der Waals surface area (Å²) in [5.41, 5.74) is -0.710. The summed E-state index contributed by atoms with van der Waals surface area (Å²) in [6, 6.07) is 13.3. The molecule has 0 radical (unpaired) electrons. The van der Waals surface area contributed by atoms with Crippen LogP contribution >= 0.6 is 0 Å². The summed E-state index contributed by atoms with van der Waals surface area (Å²) in [5.74, 6) is -1.04. The molecule has 1 fully saturated rings. The fraction of sp³-hybridized carbons (Fsp3) is 0.364. The maximum absolute atomic E-state index is 13.3. The lowest BCUT2D eigenvalue weighted by molar-refractivity contribution is -0.274. The highest BCUT2D eigenvalue weighted by molar-refractivity contribution is 7.91. The molecule has 0 bridgehead atoms. The van der Waals surface area contributed by atoms with Crippen molar-refractivity contribution in [1.82, 2.24) is 4.31 Å². The second-order valence-corrected chi connectivity index (χ2v) is 10.1. The molecule has 1 aliphatic heterocycles. The minimum atomic E-state index is -4.83. The molecule has 178 valence electrons. The Labute approximate surface area is 189 Å². The first-order valence-electron chi connectivity index (χ1n) is 9.97. The van der Waals surface area contributed by atoms with Crippen molar-refractivity contribution in [2.75, 3.05) is 13.2 Å². The summed E-state index contributed by atoms with van der Waals surface area (Å²) in [5, 5.41) is -1.26. The van der Waals surface area contributed by atoms with E-state index in [1.54, 1.807) is 51.1 Å². The third-order valence-electron chi connectivity index (χ3n) is 4.60. The number of benzene rings is 2. The number of nitrogens with zero attached hydrogens (tertiary/aromatic N) is 2. The number of amides is 1. The smallest absolute Gasteiger partial charge is 0.492 e. The van der Waals surface area contributed by atoms with E-state index in [1.165, 1.54) is 12.1 Å². The maximum atomic E-state index is 13.3. The number of carbonyl (C=O) groups is 1. The van der Waals surface area contributed by atoms with Crippen LogP contribution in [-0.4, -0.2) is 49.4 Å². The van der Waals surface area contributed by atoms with Crippen LogP contribution in [0.1, 0.15) is 31.6 Å². The van der Waals surface area contributed by atoms with Crippen LogP contribution < -0.4 is 9.47 Å². The Morgan fingerprint density at radius 2 is 1.64 bits per heavy atom. The average Bonchev–Trinajstić information content (AvgIpc) is 2.89. The Morgan fingerprint density at radius 3 is 2.24 bits per heavy atom. The van der Waals surface area contributed by atoms with Crippen molar-refractivity contribution in [3.8, 4) is 11.5 Å². The van der Waals surface area contributed by atoms with E-state index >= 15 is 0 Å². The number of hydrogen-bond donors (Lipinski definition) is 0. The summed E-state index contributed by atoms with van der Waals surface area (Å²) in [6.07, 6.45) is -4.83. The number of alkyl halides is 3. The minimum Gasteiger partial charge on any atom is -0.492 e. The Morgan fingerprint density at radius 1 is 1.00 bits per heavy atom. The van der Waals surface area contributed by atoms with Crippen molar-refractivity contribution in [1.29, 1.82) is 0 Å². The molecule has 1 unspecified atom stereocenters. The number of halogens is 3. The zero-order valence-corrected chi connectivity index (χ0v) is 19.0. The monoisotopic (exact) mass is 484 g/mol. The van der Waals surface area contributed by atoms with E-state index < -0.39 is 38.8 Å². The van der Waals surface area contributed by atoms with Crippen LogP contribution in [0.2, 0.25) is 0 Å². The van der Waals surface area contributed by atoms with E-state index in [4.69, 9.17) is 4.74 Å². The largest absolute Gasteiger partial charge is 0.573 e. The Balaban J connectivity index is 1.81. The molecular formula is C22H23F3N2O5S. The first-order chi connectivity index (χ1) is 15.3. The van der Waals surface area contributed by atoms with E-state index in [2.05, 4.69) is 9.73 Å². The van der Waals surface area contributed by atoms with Gasteiger partial charge in [0.1, 0.15) is 23.8 Å². The molecule has 11 heteroatoms. The number of carbonyl (C=O) groups excluding carboxylic acids is 1. The molecule has 1 aliphatic rings. The molecular weight excluding hydrogens is 461 g/mol. The number of aliphatic imine (C=N–C) groups is 1. The molecule has 0 aromatic heterocycles. The van der Waals surface area contributed by atoms with Gasteiger partial charge in [0.15, 0.2) is 5.25 Å². The van der Waals surface area contributed by atoms with Gasteiger partial charge in [-0.15, -0.1) is 13.2 Å². The van der Waals surface area contributed by atoms with Gasteiger partial charge in [0.2, 0.25) is 0 Å². The van der Waals surface area contributed by atoms with Crippen LogP contribution in [0.25, 0.3) is 0 Å². The van der Waals surface area contributed by atoms with E-state index in [-0.39, 0.29) is 24.6 Å². The predicted octanol–water partition coefficient (Wildman–Crippen LogP) is 4.12. The standard InChI is InChI=1S/C22H23F3N2O5S/c1-21(2,3)27-20(28)18(19(33(27,29)30)15-8-5-4-6-9-15)26-12-13-31-16-10-7-11-17(14-16)32-22(23,24)25/h4-11,14,19H,12-13H2,1-3H3. The topological polar surface area (TPSA) is 85.3 Å². The van der Waals surface area contributed by atoms with Gasteiger partial charge < -0.3 is 9.47 Å². The SMILES string of the molecule is CC(C)(C)N1C(=O)C(=NCCOc2cccc(OC(F)(F)F)c2)C(c2ccccc2)S1(=O)=O. The van der Waals surface area contributed by atoms with Crippen molar-refractivity contribution >= 4 is 21.6 Å². The van der Waals surface area contributed by atoms with Crippen LogP contribution in [-0.2, 0) is 14.8 Å². The normalized spacial score (nSPS) is 19.7. The van der Waals surface area contributed by atoms with Crippen LogP contribution in [0.5, 0.6) is 11.5 Å². The fourth-order valence-electron chi connectivity index (χ4n) is 3.46. The third kappa shape index (κ3) is 5.65. The van der Waals surface area contributed by atoms with Crippen molar-refractivity contribution < 1.29 is 35.9 Å². The lowest BCUT2D eigenvalue weighted by atomic mass is 10.1. The third-order valence-corrected chi connectivity index (χ3v) is 6.91. The molecule has 1 heterocycles. The van der Waals surface area contributed by atoms with Gasteiger partial charge in [0.05, 0.1) is 12.1 Å². The van der Waals surface area contributed by atoms with Crippen LogP contribution in [0.3, 0.4) is 0 Å². The van der Waals surface area contributed by atoms with E-state index in [1.807, 2.05) is 0 Å². The van der Waals surface area contributed by atoms with Gasteiger partial charge in [-0.2, -0.15) is 0 Å². The van der Waals surface area contributed by atoms with Gasteiger partial charge in [-0.3, -0.25) is 9.79 Å². The molecule has 1 saturated heterocycles. The van der Waals surface area contributed by atoms with Gasteiger partial charge in [-0.05, 0) is 38.5 Å². The molecule has 2 aromatic carbocycles. The molecule has 0 saturated carbocycles. The number of hydrogen-bond acceptors (Lipinski definition) is 6. The van der Waals surface area contributed by atoms with Crippen molar-refractivity contribution in [2.24, 2.45) is 4.99 Å². The highest BCUT2D eigenvalue weighted by atomic mass is 32.2. The first kappa shape index (κ1) is 24.6. The molecule has 0 N–H and O–H groups in total. The average molecular weight is 484 g/mol. The van der Waals surface area contributed by atoms with E-state index in [0.29, 0.717) is 5.56 Å². The zero-order valence-electron chi connectivity index (χ0n) is 18.2. The quantitative estimate of drug-likeness (QED) is 0.576. The van der Waals surface area contributed by atoms with Crippen LogP contribution in [0, 0.1) is 0 Å². The van der Waals surface area contributed by atoms with Crippen molar-refractivity contribution in [3.63, 3.8) is 0 Å². The van der Waals surface area contributed by atoms with Gasteiger partial charge in [-0.1, -0.05) is 36.4 Å².